The average Bonchev–Trinajstić information content (AvgIpc) is 3.50. The SMILES string of the molecule is COc1cc(-c2cn(C)c(=O)c(C)c2C)cc(OC)c1CN(C)Cc1ccc(C2CCCN2C(=O)/C(C#N)=C/C(C)(C)C)cc1. The van der Waals surface area contributed by atoms with Crippen LogP contribution in [0.25, 0.3) is 11.1 Å². The van der Waals surface area contributed by atoms with Crippen LogP contribution < -0.4 is 15.0 Å². The van der Waals surface area contributed by atoms with Crippen LogP contribution in [-0.2, 0) is 24.9 Å². The lowest BCUT2D eigenvalue weighted by Gasteiger charge is -2.26. The first kappa shape index (κ1) is 33.5. The molecule has 0 radical (unpaired) electrons. The zero-order chi connectivity index (χ0) is 33.1. The van der Waals surface area contributed by atoms with Crippen molar-refractivity contribution in [1.82, 2.24) is 14.4 Å². The second-order valence-electron chi connectivity index (χ2n) is 13.2. The highest BCUT2D eigenvalue weighted by Crippen LogP contribution is 2.38. The molecule has 4 rings (SSSR count). The Morgan fingerprint density at radius 3 is 2.24 bits per heavy atom. The molecule has 1 saturated heterocycles. The van der Waals surface area contributed by atoms with Crippen LogP contribution >= 0.6 is 0 Å². The maximum atomic E-state index is 13.3. The van der Waals surface area contributed by atoms with E-state index >= 15 is 0 Å². The van der Waals surface area contributed by atoms with Gasteiger partial charge in [0.25, 0.3) is 11.5 Å². The maximum Gasteiger partial charge on any atom is 0.264 e. The highest BCUT2D eigenvalue weighted by molar-refractivity contribution is 5.97. The molecule has 1 amide bonds. The van der Waals surface area contributed by atoms with Gasteiger partial charge in [0.1, 0.15) is 23.1 Å². The van der Waals surface area contributed by atoms with Gasteiger partial charge in [0, 0.05) is 44.0 Å². The summed E-state index contributed by atoms with van der Waals surface area (Å²) in [5, 5.41) is 9.68. The summed E-state index contributed by atoms with van der Waals surface area (Å²) in [5.74, 6) is 1.26. The fraction of sp³-hybridized carbons (Fsp3) is 0.432. The first-order valence-electron chi connectivity index (χ1n) is 15.4. The zero-order valence-electron chi connectivity index (χ0n) is 28.2. The summed E-state index contributed by atoms with van der Waals surface area (Å²) in [6.45, 7) is 11.8. The molecule has 2 heterocycles. The Kier molecular flexibility index (Phi) is 10.2. The number of carbonyl (C=O) groups is 1. The van der Waals surface area contributed by atoms with Crippen molar-refractivity contribution in [2.45, 2.75) is 66.6 Å². The largest absolute Gasteiger partial charge is 0.496 e. The number of pyridine rings is 1. The fourth-order valence-electron chi connectivity index (χ4n) is 6.13. The lowest BCUT2D eigenvalue weighted by atomic mass is 9.93. The van der Waals surface area contributed by atoms with Gasteiger partial charge in [-0.1, -0.05) is 51.1 Å². The molecule has 1 aliphatic heterocycles. The predicted octanol–water partition coefficient (Wildman–Crippen LogP) is 6.48. The van der Waals surface area contributed by atoms with Crippen molar-refractivity contribution < 1.29 is 14.3 Å². The van der Waals surface area contributed by atoms with Crippen molar-refractivity contribution >= 4 is 5.91 Å². The van der Waals surface area contributed by atoms with E-state index in [1.54, 1.807) is 31.9 Å². The Labute approximate surface area is 267 Å². The number of ether oxygens (including phenoxy) is 2. The van der Waals surface area contributed by atoms with Crippen molar-refractivity contribution in [2.24, 2.45) is 12.5 Å². The van der Waals surface area contributed by atoms with Crippen molar-refractivity contribution in [1.29, 1.82) is 5.26 Å². The summed E-state index contributed by atoms with van der Waals surface area (Å²) >= 11 is 0. The molecule has 8 heteroatoms. The highest BCUT2D eigenvalue weighted by Gasteiger charge is 2.32. The Balaban J connectivity index is 1.51. The van der Waals surface area contributed by atoms with Gasteiger partial charge in [0.2, 0.25) is 0 Å². The molecule has 0 bridgehead atoms. The number of carbonyl (C=O) groups excluding carboxylic acids is 1. The highest BCUT2D eigenvalue weighted by atomic mass is 16.5. The number of aromatic nitrogens is 1. The third kappa shape index (κ3) is 7.49. The molecule has 3 aromatic rings. The molecule has 1 fully saturated rings. The maximum absolute atomic E-state index is 13.3. The van der Waals surface area contributed by atoms with E-state index in [0.29, 0.717) is 19.6 Å². The molecule has 8 nitrogen and oxygen atoms in total. The normalized spacial score (nSPS) is 15.4. The Morgan fingerprint density at radius 1 is 1.07 bits per heavy atom. The van der Waals surface area contributed by atoms with Crippen LogP contribution in [0.15, 0.2) is 59.0 Å². The lowest BCUT2D eigenvalue weighted by molar-refractivity contribution is -0.127. The van der Waals surface area contributed by atoms with Crippen molar-refractivity contribution in [3.63, 3.8) is 0 Å². The van der Waals surface area contributed by atoms with Crippen LogP contribution in [0.3, 0.4) is 0 Å². The van der Waals surface area contributed by atoms with E-state index in [-0.39, 0.29) is 28.5 Å². The molecule has 45 heavy (non-hydrogen) atoms. The van der Waals surface area contributed by atoms with E-state index in [9.17, 15) is 14.9 Å². The van der Waals surface area contributed by atoms with Crippen molar-refractivity contribution in [2.75, 3.05) is 27.8 Å². The molecule has 2 aromatic carbocycles. The number of amides is 1. The van der Waals surface area contributed by atoms with E-state index < -0.39 is 0 Å². The minimum absolute atomic E-state index is 0.00287. The topological polar surface area (TPSA) is 87.8 Å². The number of allylic oxidation sites excluding steroid dienone is 1. The second-order valence-corrected chi connectivity index (χ2v) is 13.2. The number of hydrogen-bond acceptors (Lipinski definition) is 6. The van der Waals surface area contributed by atoms with Crippen molar-refractivity contribution in [3.05, 3.63) is 92.4 Å². The monoisotopic (exact) mass is 610 g/mol. The first-order chi connectivity index (χ1) is 21.3. The molecule has 1 aliphatic rings. The summed E-state index contributed by atoms with van der Waals surface area (Å²) < 4.78 is 13.3. The summed E-state index contributed by atoms with van der Waals surface area (Å²) in [4.78, 5) is 29.8. The van der Waals surface area contributed by atoms with Gasteiger partial charge in [-0.15, -0.1) is 0 Å². The van der Waals surface area contributed by atoms with Crippen molar-refractivity contribution in [3.8, 4) is 28.7 Å². The summed E-state index contributed by atoms with van der Waals surface area (Å²) in [6, 6.07) is 14.6. The minimum Gasteiger partial charge on any atom is -0.496 e. The molecule has 0 N–H and O–H groups in total. The number of methoxy groups -OCH3 is 2. The minimum atomic E-state index is -0.249. The van der Waals surface area contributed by atoms with Gasteiger partial charge in [0.05, 0.1) is 25.8 Å². The van der Waals surface area contributed by atoms with E-state index in [4.69, 9.17) is 9.47 Å². The smallest absolute Gasteiger partial charge is 0.264 e. The molecular formula is C37H46N4O4. The van der Waals surface area contributed by atoms with E-state index in [2.05, 4.69) is 42.3 Å². The molecule has 0 saturated carbocycles. The molecule has 1 unspecified atom stereocenters. The number of hydrogen-bond donors (Lipinski definition) is 0. The van der Waals surface area contributed by atoms with Gasteiger partial charge in [-0.05, 0) is 73.5 Å². The van der Waals surface area contributed by atoms with Gasteiger partial charge in [-0.25, -0.2) is 0 Å². The van der Waals surface area contributed by atoms with Gasteiger partial charge in [-0.2, -0.15) is 5.26 Å². The molecule has 1 aromatic heterocycles. The Morgan fingerprint density at radius 2 is 1.69 bits per heavy atom. The lowest BCUT2D eigenvalue weighted by Crippen LogP contribution is -2.32. The van der Waals surface area contributed by atoms with Crippen LogP contribution in [0.1, 0.15) is 67.5 Å². The quantitative estimate of drug-likeness (QED) is 0.204. The van der Waals surface area contributed by atoms with E-state index in [1.807, 2.05) is 57.8 Å². The van der Waals surface area contributed by atoms with Crippen LogP contribution in [0.4, 0.5) is 0 Å². The third-order valence-corrected chi connectivity index (χ3v) is 8.54. The van der Waals surface area contributed by atoms with Crippen LogP contribution in [-0.4, -0.2) is 48.1 Å². The van der Waals surface area contributed by atoms with E-state index in [1.165, 1.54) is 0 Å². The molecule has 0 spiro atoms. The average molecular weight is 611 g/mol. The third-order valence-electron chi connectivity index (χ3n) is 8.54. The molecular weight excluding hydrogens is 564 g/mol. The molecule has 0 aliphatic carbocycles. The molecule has 1 atom stereocenters. The van der Waals surface area contributed by atoms with E-state index in [0.717, 1.165) is 63.3 Å². The number of nitrogens with zero attached hydrogens (tertiary/aromatic N) is 4. The summed E-state index contributed by atoms with van der Waals surface area (Å²) in [6.07, 6.45) is 5.43. The van der Waals surface area contributed by atoms with Crippen LogP contribution in [0, 0.1) is 30.6 Å². The number of aryl methyl sites for hydroxylation is 1. The Hall–Kier alpha value is -4.35. The fourth-order valence-corrected chi connectivity index (χ4v) is 6.13. The standard InChI is InChI=1S/C37H46N4O4/c1-24-25(2)35(42)40(7)23-30(24)28-17-33(44-8)31(34(18-28)45-9)22-39(6)21-26-12-14-27(15-13-26)32-11-10-16-41(32)36(43)29(20-38)19-37(3,4)5/h12-15,17-19,23,32H,10-11,16,21-22H2,1-9H3/b29-19+. The van der Waals surface area contributed by atoms with Gasteiger partial charge < -0.3 is 18.9 Å². The second kappa shape index (κ2) is 13.7. The van der Waals surface area contributed by atoms with Crippen LogP contribution in [0.5, 0.6) is 11.5 Å². The Bertz CT molecular complexity index is 1660. The number of rotatable bonds is 9. The first-order valence-corrected chi connectivity index (χ1v) is 15.4. The van der Waals surface area contributed by atoms with Crippen LogP contribution in [0.2, 0.25) is 0 Å². The summed E-state index contributed by atoms with van der Waals surface area (Å²) in [7, 11) is 7.15. The van der Waals surface area contributed by atoms with Gasteiger partial charge in [0.15, 0.2) is 0 Å². The van der Waals surface area contributed by atoms with Gasteiger partial charge in [-0.3, -0.25) is 14.5 Å². The number of likely N-dealkylation sites (tertiary alicyclic amines) is 1. The number of nitriles is 1. The predicted molar refractivity (Wildman–Crippen MR) is 178 cm³/mol. The van der Waals surface area contributed by atoms with Gasteiger partial charge >= 0.3 is 0 Å². The number of benzene rings is 2. The zero-order valence-corrected chi connectivity index (χ0v) is 28.2. The summed E-state index contributed by atoms with van der Waals surface area (Å²) in [5.41, 5.74) is 6.69. The molecule has 238 valence electrons.